The first kappa shape index (κ1) is 13.8. The molecule has 1 atom stereocenters. The Morgan fingerprint density at radius 2 is 2.00 bits per heavy atom. The zero-order valence-electron chi connectivity index (χ0n) is 11.8. The van der Waals surface area contributed by atoms with Crippen molar-refractivity contribution in [2.45, 2.75) is 25.3 Å². The van der Waals surface area contributed by atoms with Gasteiger partial charge in [-0.1, -0.05) is 0 Å². The minimum absolute atomic E-state index is 0.0646. The first-order valence-corrected chi connectivity index (χ1v) is 7.60. The zero-order chi connectivity index (χ0) is 13.9. The third-order valence-corrected chi connectivity index (χ3v) is 4.30. The van der Waals surface area contributed by atoms with Crippen LogP contribution in [0.1, 0.15) is 19.3 Å². The van der Waals surface area contributed by atoms with Crippen molar-refractivity contribution in [1.82, 2.24) is 15.1 Å². The van der Waals surface area contributed by atoms with Crippen molar-refractivity contribution < 1.29 is 14.3 Å². The third kappa shape index (κ3) is 3.49. The molecule has 1 N–H and O–H groups in total. The number of morpholine rings is 1. The van der Waals surface area contributed by atoms with Crippen LogP contribution in [0.15, 0.2) is 0 Å². The second-order valence-electron chi connectivity index (χ2n) is 5.98. The van der Waals surface area contributed by atoms with Gasteiger partial charge in [-0.25, -0.2) is 0 Å². The SMILES string of the molecule is O=C(NC1CC1)C1CC(=O)N(CCN2CCOCC2)C1. The Kier molecular flexibility index (Phi) is 4.21. The van der Waals surface area contributed by atoms with E-state index >= 15 is 0 Å². The number of rotatable bonds is 5. The van der Waals surface area contributed by atoms with Gasteiger partial charge in [-0.05, 0) is 12.8 Å². The molecule has 1 unspecified atom stereocenters. The van der Waals surface area contributed by atoms with Gasteiger partial charge < -0.3 is 15.0 Å². The summed E-state index contributed by atoms with van der Waals surface area (Å²) in [7, 11) is 0. The fraction of sp³-hybridized carbons (Fsp3) is 0.857. The van der Waals surface area contributed by atoms with E-state index in [-0.39, 0.29) is 17.7 Å². The first-order chi connectivity index (χ1) is 9.72. The Morgan fingerprint density at radius 3 is 2.70 bits per heavy atom. The van der Waals surface area contributed by atoms with E-state index < -0.39 is 0 Å². The summed E-state index contributed by atoms with van der Waals surface area (Å²) in [6.07, 6.45) is 2.56. The van der Waals surface area contributed by atoms with E-state index in [2.05, 4.69) is 10.2 Å². The maximum Gasteiger partial charge on any atom is 0.225 e. The van der Waals surface area contributed by atoms with Crippen LogP contribution in [0.5, 0.6) is 0 Å². The number of carbonyl (C=O) groups excluding carboxylic acids is 2. The summed E-state index contributed by atoms with van der Waals surface area (Å²) in [4.78, 5) is 28.1. The van der Waals surface area contributed by atoms with Gasteiger partial charge >= 0.3 is 0 Å². The molecule has 3 aliphatic rings. The summed E-state index contributed by atoms with van der Waals surface area (Å²) in [5.74, 6) is 0.0386. The van der Waals surface area contributed by atoms with Gasteiger partial charge in [-0.2, -0.15) is 0 Å². The Morgan fingerprint density at radius 1 is 1.25 bits per heavy atom. The number of nitrogens with one attached hydrogen (secondary N) is 1. The maximum absolute atomic E-state index is 12.0. The van der Waals surface area contributed by atoms with Gasteiger partial charge in [0.25, 0.3) is 0 Å². The lowest BCUT2D eigenvalue weighted by Gasteiger charge is -2.28. The van der Waals surface area contributed by atoms with Crippen LogP contribution < -0.4 is 5.32 Å². The van der Waals surface area contributed by atoms with Crippen LogP contribution in [0.2, 0.25) is 0 Å². The van der Waals surface area contributed by atoms with Gasteiger partial charge in [0.05, 0.1) is 19.1 Å². The van der Waals surface area contributed by atoms with Crippen molar-refractivity contribution >= 4 is 11.8 Å². The number of amides is 2. The van der Waals surface area contributed by atoms with Crippen molar-refractivity contribution in [1.29, 1.82) is 0 Å². The monoisotopic (exact) mass is 281 g/mol. The van der Waals surface area contributed by atoms with E-state index in [0.717, 1.165) is 52.2 Å². The van der Waals surface area contributed by atoms with Crippen molar-refractivity contribution in [2.75, 3.05) is 45.9 Å². The Bertz CT molecular complexity index is 378. The molecule has 0 aromatic carbocycles. The van der Waals surface area contributed by atoms with Crippen molar-refractivity contribution in [3.8, 4) is 0 Å². The fourth-order valence-electron chi connectivity index (χ4n) is 2.80. The van der Waals surface area contributed by atoms with Crippen molar-refractivity contribution in [3.05, 3.63) is 0 Å². The highest BCUT2D eigenvalue weighted by atomic mass is 16.5. The number of likely N-dealkylation sites (tertiary alicyclic amines) is 1. The lowest BCUT2D eigenvalue weighted by Crippen LogP contribution is -2.42. The molecule has 0 spiro atoms. The second-order valence-corrected chi connectivity index (χ2v) is 5.98. The third-order valence-electron chi connectivity index (χ3n) is 4.30. The summed E-state index contributed by atoms with van der Waals surface area (Å²) in [5.41, 5.74) is 0. The number of carbonyl (C=O) groups is 2. The number of nitrogens with zero attached hydrogens (tertiary/aromatic N) is 2. The minimum Gasteiger partial charge on any atom is -0.379 e. The summed E-state index contributed by atoms with van der Waals surface area (Å²) in [6, 6.07) is 0.375. The summed E-state index contributed by atoms with van der Waals surface area (Å²) >= 11 is 0. The molecule has 0 aromatic heterocycles. The van der Waals surface area contributed by atoms with E-state index in [4.69, 9.17) is 4.74 Å². The molecule has 3 fully saturated rings. The van der Waals surface area contributed by atoms with Crippen LogP contribution in [0.25, 0.3) is 0 Å². The molecule has 6 nitrogen and oxygen atoms in total. The average Bonchev–Trinajstić information content (AvgIpc) is 3.19. The Labute approximate surface area is 119 Å². The van der Waals surface area contributed by atoms with E-state index in [1.54, 1.807) is 0 Å². The molecule has 0 bridgehead atoms. The Balaban J connectivity index is 1.42. The molecule has 6 heteroatoms. The van der Waals surface area contributed by atoms with Crippen molar-refractivity contribution in [2.24, 2.45) is 5.92 Å². The predicted octanol–water partition coefficient (Wildman–Crippen LogP) is -0.554. The summed E-state index contributed by atoms with van der Waals surface area (Å²) in [6.45, 7) is 5.63. The minimum atomic E-state index is -0.146. The summed E-state index contributed by atoms with van der Waals surface area (Å²) < 4.78 is 5.31. The van der Waals surface area contributed by atoms with Crippen LogP contribution in [-0.4, -0.2) is 73.6 Å². The van der Waals surface area contributed by atoms with Crippen LogP contribution in [0, 0.1) is 5.92 Å². The average molecular weight is 281 g/mol. The van der Waals surface area contributed by atoms with E-state index in [9.17, 15) is 9.59 Å². The molecule has 0 radical (unpaired) electrons. The molecule has 20 heavy (non-hydrogen) atoms. The van der Waals surface area contributed by atoms with Gasteiger partial charge in [-0.15, -0.1) is 0 Å². The second kappa shape index (κ2) is 6.10. The molecule has 1 saturated carbocycles. The smallest absolute Gasteiger partial charge is 0.225 e. The van der Waals surface area contributed by atoms with Gasteiger partial charge in [-0.3, -0.25) is 14.5 Å². The lowest BCUT2D eigenvalue weighted by molar-refractivity contribution is -0.129. The lowest BCUT2D eigenvalue weighted by atomic mass is 10.1. The molecular weight excluding hydrogens is 258 g/mol. The summed E-state index contributed by atoms with van der Waals surface area (Å²) in [5, 5.41) is 3.00. The molecule has 2 amide bonds. The molecule has 0 aromatic rings. The standard InChI is InChI=1S/C14H23N3O3/c18-13-9-11(14(19)15-12-1-2-12)10-17(13)4-3-16-5-7-20-8-6-16/h11-12H,1-10H2,(H,15,19). The largest absolute Gasteiger partial charge is 0.379 e. The van der Waals surface area contributed by atoms with Gasteiger partial charge in [0.2, 0.25) is 11.8 Å². The molecule has 112 valence electrons. The van der Waals surface area contributed by atoms with Gasteiger partial charge in [0.15, 0.2) is 0 Å². The van der Waals surface area contributed by atoms with E-state index in [0.29, 0.717) is 19.0 Å². The Hall–Kier alpha value is -1.14. The molecule has 2 heterocycles. The molecular formula is C14H23N3O3. The highest BCUT2D eigenvalue weighted by Gasteiger charge is 2.36. The maximum atomic E-state index is 12.0. The quantitative estimate of drug-likeness (QED) is 0.734. The van der Waals surface area contributed by atoms with Crippen LogP contribution in [0.3, 0.4) is 0 Å². The number of hydrogen-bond acceptors (Lipinski definition) is 4. The predicted molar refractivity (Wildman–Crippen MR) is 73.1 cm³/mol. The van der Waals surface area contributed by atoms with Gasteiger partial charge in [0.1, 0.15) is 0 Å². The molecule has 2 saturated heterocycles. The fourth-order valence-corrected chi connectivity index (χ4v) is 2.80. The molecule has 1 aliphatic carbocycles. The first-order valence-electron chi connectivity index (χ1n) is 7.60. The van der Waals surface area contributed by atoms with E-state index in [1.807, 2.05) is 4.90 Å². The normalized spacial score (nSPS) is 27.9. The van der Waals surface area contributed by atoms with Crippen LogP contribution in [-0.2, 0) is 14.3 Å². The molecule has 2 aliphatic heterocycles. The van der Waals surface area contributed by atoms with Crippen LogP contribution >= 0.6 is 0 Å². The number of hydrogen-bond donors (Lipinski definition) is 1. The zero-order valence-corrected chi connectivity index (χ0v) is 11.8. The van der Waals surface area contributed by atoms with Gasteiger partial charge in [0, 0.05) is 45.2 Å². The van der Waals surface area contributed by atoms with Crippen molar-refractivity contribution in [3.63, 3.8) is 0 Å². The molecule has 3 rings (SSSR count). The topological polar surface area (TPSA) is 61.9 Å². The van der Waals surface area contributed by atoms with Crippen LogP contribution in [0.4, 0.5) is 0 Å². The highest BCUT2D eigenvalue weighted by Crippen LogP contribution is 2.22. The highest BCUT2D eigenvalue weighted by molar-refractivity contribution is 5.89. The van der Waals surface area contributed by atoms with E-state index in [1.165, 1.54) is 0 Å². The number of ether oxygens (including phenoxy) is 1.